The number of nitrogens with zero attached hydrogens (tertiary/aromatic N) is 2. The van der Waals surface area contributed by atoms with Crippen LogP contribution in [0, 0.1) is 5.82 Å². The van der Waals surface area contributed by atoms with Gasteiger partial charge in [0.1, 0.15) is 5.82 Å². The predicted molar refractivity (Wildman–Crippen MR) is 95.5 cm³/mol. The average Bonchev–Trinajstić information content (AvgIpc) is 3.12. The highest BCUT2D eigenvalue weighted by molar-refractivity contribution is 5.79. The molecule has 6 heteroatoms. The summed E-state index contributed by atoms with van der Waals surface area (Å²) in [5.41, 5.74) is 2.18. The largest absolute Gasteiger partial charge is 0.351 e. The Hall–Kier alpha value is -2.76. The van der Waals surface area contributed by atoms with E-state index in [2.05, 4.69) is 10.3 Å². The van der Waals surface area contributed by atoms with E-state index < -0.39 is 0 Å². The van der Waals surface area contributed by atoms with Gasteiger partial charge in [0, 0.05) is 19.7 Å². The summed E-state index contributed by atoms with van der Waals surface area (Å²) in [5, 5.41) is 2.73. The van der Waals surface area contributed by atoms with Crippen LogP contribution < -0.4 is 5.32 Å². The van der Waals surface area contributed by atoms with Gasteiger partial charge in [-0.2, -0.15) is 0 Å². The van der Waals surface area contributed by atoms with Crippen LogP contribution in [0.3, 0.4) is 0 Å². The van der Waals surface area contributed by atoms with Crippen molar-refractivity contribution in [3.63, 3.8) is 0 Å². The first kappa shape index (κ1) is 18.0. The lowest BCUT2D eigenvalue weighted by Gasteiger charge is -2.25. The molecule has 0 radical (unpaired) electrons. The second kappa shape index (κ2) is 8.08. The van der Waals surface area contributed by atoms with Crippen LogP contribution in [-0.4, -0.2) is 28.2 Å². The van der Waals surface area contributed by atoms with Crippen molar-refractivity contribution in [3.8, 4) is 0 Å². The van der Waals surface area contributed by atoms with Gasteiger partial charge >= 0.3 is 0 Å². The number of hydrogen-bond donors (Lipinski definition) is 1. The lowest BCUT2D eigenvalue weighted by atomic mass is 10.0. The fourth-order valence-corrected chi connectivity index (χ4v) is 3.33. The molecule has 1 aliphatic rings. The monoisotopic (exact) mass is 355 g/mol. The summed E-state index contributed by atoms with van der Waals surface area (Å²) < 4.78 is 13.8. The fraction of sp³-hybridized carbons (Fsp3) is 0.350. The summed E-state index contributed by atoms with van der Waals surface area (Å²) in [5.74, 6) is -0.532. The van der Waals surface area contributed by atoms with Crippen LogP contribution in [0.15, 0.2) is 42.6 Å². The van der Waals surface area contributed by atoms with Crippen molar-refractivity contribution in [2.45, 2.75) is 38.8 Å². The molecule has 1 N–H and O–H groups in total. The topological polar surface area (TPSA) is 62.3 Å². The van der Waals surface area contributed by atoms with E-state index in [9.17, 15) is 14.0 Å². The number of hydrogen-bond acceptors (Lipinski definition) is 3. The molecule has 1 saturated heterocycles. The molecule has 1 unspecified atom stereocenters. The van der Waals surface area contributed by atoms with Gasteiger partial charge in [0.2, 0.25) is 11.8 Å². The van der Waals surface area contributed by atoms with Crippen LogP contribution in [-0.2, 0) is 22.6 Å². The standard InChI is InChI=1S/C20H22FN3O2/c1-14(25)23-13-17-11-16(8-9-22-17)19-7-4-10-24(19)20(26)12-15-5-2-3-6-18(15)21/h2-3,5-6,8-9,11,19H,4,7,10,12-13H2,1H3,(H,23,25). The number of carbonyl (C=O) groups excluding carboxylic acids is 2. The molecular formula is C20H22FN3O2. The van der Waals surface area contributed by atoms with Crippen molar-refractivity contribution in [1.82, 2.24) is 15.2 Å². The predicted octanol–water partition coefficient (Wildman–Crippen LogP) is 2.76. The van der Waals surface area contributed by atoms with Gasteiger partial charge in [-0.1, -0.05) is 18.2 Å². The lowest BCUT2D eigenvalue weighted by molar-refractivity contribution is -0.131. The van der Waals surface area contributed by atoms with Crippen LogP contribution in [0.1, 0.15) is 42.6 Å². The summed E-state index contributed by atoms with van der Waals surface area (Å²) in [7, 11) is 0. The van der Waals surface area contributed by atoms with Gasteiger partial charge in [-0.05, 0) is 42.2 Å². The maximum atomic E-state index is 13.8. The van der Waals surface area contributed by atoms with Crippen LogP contribution in [0.25, 0.3) is 0 Å². The maximum Gasteiger partial charge on any atom is 0.227 e. The first-order valence-electron chi connectivity index (χ1n) is 8.76. The van der Waals surface area contributed by atoms with Crippen LogP contribution in [0.4, 0.5) is 4.39 Å². The highest BCUT2D eigenvalue weighted by Gasteiger charge is 2.30. The normalized spacial score (nSPS) is 16.5. The number of pyridine rings is 1. The molecule has 1 atom stereocenters. The van der Waals surface area contributed by atoms with Gasteiger partial charge in [0.05, 0.1) is 24.7 Å². The van der Waals surface area contributed by atoms with E-state index in [1.54, 1.807) is 24.4 Å². The second-order valence-corrected chi connectivity index (χ2v) is 6.50. The van der Waals surface area contributed by atoms with Gasteiger partial charge < -0.3 is 10.2 Å². The molecule has 2 amide bonds. The van der Waals surface area contributed by atoms with E-state index in [-0.39, 0.29) is 30.1 Å². The average molecular weight is 355 g/mol. The number of halogens is 1. The number of amides is 2. The van der Waals surface area contributed by atoms with E-state index in [1.165, 1.54) is 13.0 Å². The Morgan fingerprint density at radius 3 is 2.88 bits per heavy atom. The Morgan fingerprint density at radius 2 is 2.12 bits per heavy atom. The molecule has 0 spiro atoms. The van der Waals surface area contributed by atoms with Gasteiger partial charge in [-0.25, -0.2) is 4.39 Å². The van der Waals surface area contributed by atoms with Gasteiger partial charge in [0.15, 0.2) is 0 Å². The number of carbonyl (C=O) groups is 2. The molecule has 3 rings (SSSR count). The first-order chi connectivity index (χ1) is 12.5. The highest BCUT2D eigenvalue weighted by atomic mass is 19.1. The number of rotatable bonds is 5. The van der Waals surface area contributed by atoms with Crippen molar-refractivity contribution in [1.29, 1.82) is 0 Å². The highest BCUT2D eigenvalue weighted by Crippen LogP contribution is 2.32. The molecule has 136 valence electrons. The Labute approximate surface area is 152 Å². The molecule has 26 heavy (non-hydrogen) atoms. The van der Waals surface area contributed by atoms with Crippen LogP contribution in [0.5, 0.6) is 0 Å². The summed E-state index contributed by atoms with van der Waals surface area (Å²) in [6.07, 6.45) is 3.54. The minimum Gasteiger partial charge on any atom is -0.351 e. The van der Waals surface area contributed by atoms with Crippen molar-refractivity contribution in [2.24, 2.45) is 0 Å². The summed E-state index contributed by atoms with van der Waals surface area (Å²) in [6.45, 7) is 2.49. The molecule has 1 aliphatic heterocycles. The van der Waals surface area contributed by atoms with Crippen molar-refractivity contribution >= 4 is 11.8 Å². The zero-order chi connectivity index (χ0) is 18.5. The minimum absolute atomic E-state index is 0.0339. The summed E-state index contributed by atoms with van der Waals surface area (Å²) >= 11 is 0. The third-order valence-electron chi connectivity index (χ3n) is 4.62. The zero-order valence-electron chi connectivity index (χ0n) is 14.7. The number of nitrogens with one attached hydrogen (secondary N) is 1. The Kier molecular flexibility index (Phi) is 5.61. The molecule has 1 aromatic carbocycles. The minimum atomic E-state index is -0.349. The molecule has 1 aromatic heterocycles. The molecule has 2 aromatic rings. The summed E-state index contributed by atoms with van der Waals surface area (Å²) in [4.78, 5) is 29.9. The number of benzene rings is 1. The van der Waals surface area contributed by atoms with E-state index in [4.69, 9.17) is 0 Å². The molecule has 0 aliphatic carbocycles. The lowest BCUT2D eigenvalue weighted by Crippen LogP contribution is -2.32. The molecule has 5 nitrogen and oxygen atoms in total. The smallest absolute Gasteiger partial charge is 0.227 e. The van der Waals surface area contributed by atoms with Crippen LogP contribution >= 0.6 is 0 Å². The molecular weight excluding hydrogens is 333 g/mol. The second-order valence-electron chi connectivity index (χ2n) is 6.50. The van der Waals surface area contributed by atoms with Gasteiger partial charge in [-0.3, -0.25) is 14.6 Å². The molecule has 0 saturated carbocycles. The Balaban J connectivity index is 1.73. The van der Waals surface area contributed by atoms with Gasteiger partial charge in [0.25, 0.3) is 0 Å². The Morgan fingerprint density at radius 1 is 1.31 bits per heavy atom. The van der Waals surface area contributed by atoms with E-state index in [0.29, 0.717) is 18.7 Å². The van der Waals surface area contributed by atoms with E-state index >= 15 is 0 Å². The van der Waals surface area contributed by atoms with E-state index in [1.807, 2.05) is 17.0 Å². The van der Waals surface area contributed by atoms with Gasteiger partial charge in [-0.15, -0.1) is 0 Å². The van der Waals surface area contributed by atoms with Crippen molar-refractivity contribution < 1.29 is 14.0 Å². The number of aromatic nitrogens is 1. The van der Waals surface area contributed by atoms with Crippen molar-refractivity contribution in [3.05, 3.63) is 65.2 Å². The third kappa shape index (κ3) is 4.25. The summed E-state index contributed by atoms with van der Waals surface area (Å²) in [6, 6.07) is 10.2. The van der Waals surface area contributed by atoms with Crippen LogP contribution in [0.2, 0.25) is 0 Å². The maximum absolute atomic E-state index is 13.8. The van der Waals surface area contributed by atoms with Crippen molar-refractivity contribution in [2.75, 3.05) is 6.54 Å². The zero-order valence-corrected chi connectivity index (χ0v) is 14.7. The third-order valence-corrected chi connectivity index (χ3v) is 4.62. The molecule has 1 fully saturated rings. The fourth-order valence-electron chi connectivity index (χ4n) is 3.33. The molecule has 0 bridgehead atoms. The number of likely N-dealkylation sites (tertiary alicyclic amines) is 1. The van der Waals surface area contributed by atoms with E-state index in [0.717, 1.165) is 24.1 Å². The quantitative estimate of drug-likeness (QED) is 0.897. The Bertz CT molecular complexity index is 809. The first-order valence-corrected chi connectivity index (χ1v) is 8.76. The SMILES string of the molecule is CC(=O)NCc1cc(C2CCCN2C(=O)Cc2ccccc2F)ccn1. The molecule has 2 heterocycles.